The number of hydrogen-bond acceptors (Lipinski definition) is 6. The van der Waals surface area contributed by atoms with E-state index in [1.165, 1.54) is 0 Å². The lowest BCUT2D eigenvalue weighted by Gasteiger charge is -2.23. The fourth-order valence-corrected chi connectivity index (χ4v) is 6.37. The van der Waals surface area contributed by atoms with Crippen LogP contribution in [0.5, 0.6) is 0 Å². The Morgan fingerprint density at radius 1 is 0.625 bits per heavy atom. The molecule has 0 unspecified atom stereocenters. The zero-order valence-corrected chi connectivity index (χ0v) is 25.1. The van der Waals surface area contributed by atoms with Gasteiger partial charge in [-0.2, -0.15) is 0 Å². The van der Waals surface area contributed by atoms with E-state index in [0.29, 0.717) is 34.8 Å². The standard InChI is InChI=1S/C32H38N4O2S2/c1-3-5-13-21-39-31-33-27(23-25-15-9-7-10-16-25)29(37)35(31)19-20-36-30(38)28(24-26-17-11-8-12-18-26)34-32(36)40-22-14-6-4-2/h7-12,15-18,23-24H,3-6,13-14,19-22H2,1-2H3/b27-23-,28-24-. The second-order valence-corrected chi connectivity index (χ2v) is 11.8. The fraction of sp³-hybridized carbons (Fsp3) is 0.375. The van der Waals surface area contributed by atoms with Crippen LogP contribution in [0.2, 0.25) is 0 Å². The molecule has 6 nitrogen and oxygen atoms in total. The molecule has 0 bridgehead atoms. The highest BCUT2D eigenvalue weighted by Gasteiger charge is 2.34. The number of unbranched alkanes of at least 4 members (excludes halogenated alkanes) is 4. The number of carbonyl (C=O) groups is 2. The maximum absolute atomic E-state index is 13.5. The van der Waals surface area contributed by atoms with Gasteiger partial charge < -0.3 is 0 Å². The van der Waals surface area contributed by atoms with E-state index in [2.05, 4.69) is 13.8 Å². The molecule has 8 heteroatoms. The van der Waals surface area contributed by atoms with Gasteiger partial charge in [-0.15, -0.1) is 0 Å². The minimum absolute atomic E-state index is 0.123. The monoisotopic (exact) mass is 574 g/mol. The summed E-state index contributed by atoms with van der Waals surface area (Å²) in [6.45, 7) is 5.09. The summed E-state index contributed by atoms with van der Waals surface area (Å²) in [7, 11) is 0. The quantitative estimate of drug-likeness (QED) is 0.186. The van der Waals surface area contributed by atoms with E-state index in [0.717, 1.165) is 61.2 Å². The van der Waals surface area contributed by atoms with Gasteiger partial charge in [0.1, 0.15) is 11.4 Å². The van der Waals surface area contributed by atoms with Crippen molar-refractivity contribution in [1.82, 2.24) is 9.80 Å². The summed E-state index contributed by atoms with van der Waals surface area (Å²) in [5.41, 5.74) is 2.75. The Morgan fingerprint density at radius 2 is 1.02 bits per heavy atom. The third-order valence-corrected chi connectivity index (χ3v) is 8.66. The Bertz CT molecular complexity index is 1170. The molecule has 0 aromatic heterocycles. The predicted molar refractivity (Wildman–Crippen MR) is 171 cm³/mol. The van der Waals surface area contributed by atoms with Gasteiger partial charge in [0, 0.05) is 24.6 Å². The van der Waals surface area contributed by atoms with E-state index in [1.807, 2.05) is 72.8 Å². The first-order valence-corrected chi connectivity index (χ1v) is 16.2. The van der Waals surface area contributed by atoms with Gasteiger partial charge in [-0.05, 0) is 36.1 Å². The number of carbonyl (C=O) groups excluding carboxylic acids is 2. The molecule has 0 atom stereocenters. The smallest absolute Gasteiger partial charge is 0.278 e. The molecule has 40 heavy (non-hydrogen) atoms. The molecule has 0 saturated heterocycles. The molecule has 0 saturated carbocycles. The number of amidine groups is 2. The lowest BCUT2D eigenvalue weighted by atomic mass is 10.2. The van der Waals surface area contributed by atoms with Crippen LogP contribution in [-0.4, -0.2) is 56.5 Å². The van der Waals surface area contributed by atoms with Gasteiger partial charge in [-0.1, -0.05) is 124 Å². The summed E-state index contributed by atoms with van der Waals surface area (Å²) >= 11 is 3.24. The molecular formula is C32H38N4O2S2. The topological polar surface area (TPSA) is 65.3 Å². The molecule has 2 aliphatic rings. The van der Waals surface area contributed by atoms with Crippen molar-refractivity contribution in [2.45, 2.75) is 52.4 Å². The minimum atomic E-state index is -0.123. The molecule has 4 rings (SSSR count). The highest BCUT2D eigenvalue weighted by Crippen LogP contribution is 2.28. The summed E-state index contributed by atoms with van der Waals surface area (Å²) in [6, 6.07) is 19.6. The van der Waals surface area contributed by atoms with Crippen LogP contribution >= 0.6 is 23.5 Å². The van der Waals surface area contributed by atoms with Gasteiger partial charge in [0.25, 0.3) is 11.8 Å². The number of rotatable bonds is 13. The summed E-state index contributed by atoms with van der Waals surface area (Å²) < 4.78 is 0. The van der Waals surface area contributed by atoms with Gasteiger partial charge in [0.05, 0.1) is 0 Å². The van der Waals surface area contributed by atoms with E-state index in [1.54, 1.807) is 33.3 Å². The molecule has 2 aromatic carbocycles. The molecular weight excluding hydrogens is 537 g/mol. The van der Waals surface area contributed by atoms with Gasteiger partial charge in [-0.25, -0.2) is 9.98 Å². The van der Waals surface area contributed by atoms with Crippen LogP contribution in [0.15, 0.2) is 82.0 Å². The van der Waals surface area contributed by atoms with Crippen molar-refractivity contribution in [3.63, 3.8) is 0 Å². The van der Waals surface area contributed by atoms with Crippen LogP contribution in [-0.2, 0) is 9.59 Å². The summed E-state index contributed by atoms with van der Waals surface area (Å²) in [6.07, 6.45) is 10.4. The second kappa shape index (κ2) is 15.6. The van der Waals surface area contributed by atoms with Crippen LogP contribution in [0.25, 0.3) is 12.2 Å². The first-order chi connectivity index (χ1) is 19.6. The third-order valence-electron chi connectivity index (χ3n) is 6.53. The van der Waals surface area contributed by atoms with Crippen molar-refractivity contribution in [2.24, 2.45) is 9.98 Å². The first-order valence-electron chi connectivity index (χ1n) is 14.2. The zero-order chi connectivity index (χ0) is 28.2. The van der Waals surface area contributed by atoms with Crippen LogP contribution < -0.4 is 0 Å². The Morgan fingerprint density at radius 3 is 1.40 bits per heavy atom. The first kappa shape index (κ1) is 29.9. The largest absolute Gasteiger partial charge is 0.284 e. The fourth-order valence-electron chi connectivity index (χ4n) is 4.32. The number of aliphatic imine (C=N–C) groups is 2. The van der Waals surface area contributed by atoms with Crippen molar-refractivity contribution in [3.05, 3.63) is 83.2 Å². The molecule has 2 amide bonds. The SMILES string of the molecule is CCCCCSC1=N/C(=C\c2ccccc2)C(=O)N1CCN1C(=O)/C(=C/c2ccccc2)N=C1SCCCCC. The van der Waals surface area contributed by atoms with Crippen molar-refractivity contribution in [2.75, 3.05) is 24.6 Å². The summed E-state index contributed by atoms with van der Waals surface area (Å²) in [4.78, 5) is 39.9. The Kier molecular flexibility index (Phi) is 11.7. The lowest BCUT2D eigenvalue weighted by Crippen LogP contribution is -2.41. The number of amides is 2. The van der Waals surface area contributed by atoms with Crippen molar-refractivity contribution >= 4 is 57.8 Å². The van der Waals surface area contributed by atoms with Gasteiger partial charge >= 0.3 is 0 Å². The molecule has 2 aromatic rings. The Hall–Kier alpha value is -3.10. The van der Waals surface area contributed by atoms with E-state index in [9.17, 15) is 9.59 Å². The summed E-state index contributed by atoms with van der Waals surface area (Å²) in [5.74, 6) is 1.56. The maximum atomic E-state index is 13.5. The predicted octanol–water partition coefficient (Wildman–Crippen LogP) is 7.31. The molecule has 0 fully saturated rings. The highest BCUT2D eigenvalue weighted by atomic mass is 32.2. The maximum Gasteiger partial charge on any atom is 0.278 e. The number of benzene rings is 2. The Balaban J connectivity index is 1.51. The minimum Gasteiger partial charge on any atom is -0.284 e. The normalized spacial score (nSPS) is 17.4. The van der Waals surface area contributed by atoms with E-state index < -0.39 is 0 Å². The van der Waals surface area contributed by atoms with Crippen LogP contribution in [0.4, 0.5) is 0 Å². The van der Waals surface area contributed by atoms with Gasteiger partial charge in [0.2, 0.25) is 0 Å². The molecule has 0 spiro atoms. The number of nitrogens with zero attached hydrogens (tertiary/aromatic N) is 4. The van der Waals surface area contributed by atoms with Crippen LogP contribution in [0, 0.1) is 0 Å². The molecule has 210 valence electrons. The van der Waals surface area contributed by atoms with E-state index in [-0.39, 0.29) is 11.8 Å². The van der Waals surface area contributed by atoms with Gasteiger partial charge in [0.15, 0.2) is 10.3 Å². The third kappa shape index (κ3) is 8.21. The highest BCUT2D eigenvalue weighted by molar-refractivity contribution is 8.14. The molecule has 2 aliphatic heterocycles. The Labute approximate surface area is 246 Å². The molecule has 0 N–H and O–H groups in total. The molecule has 0 radical (unpaired) electrons. The number of thioether (sulfide) groups is 2. The van der Waals surface area contributed by atoms with Crippen molar-refractivity contribution < 1.29 is 9.59 Å². The summed E-state index contributed by atoms with van der Waals surface area (Å²) in [5, 5.41) is 1.42. The van der Waals surface area contributed by atoms with Crippen molar-refractivity contribution in [3.8, 4) is 0 Å². The molecule has 2 heterocycles. The average molecular weight is 575 g/mol. The average Bonchev–Trinajstić information content (AvgIpc) is 3.43. The van der Waals surface area contributed by atoms with Crippen LogP contribution in [0.3, 0.4) is 0 Å². The zero-order valence-electron chi connectivity index (χ0n) is 23.4. The number of hydrogen-bond donors (Lipinski definition) is 0. The van der Waals surface area contributed by atoms with Gasteiger partial charge in [-0.3, -0.25) is 19.4 Å². The van der Waals surface area contributed by atoms with E-state index >= 15 is 0 Å². The molecule has 0 aliphatic carbocycles. The second-order valence-electron chi connectivity index (χ2n) is 9.69. The van der Waals surface area contributed by atoms with Crippen molar-refractivity contribution in [1.29, 1.82) is 0 Å². The van der Waals surface area contributed by atoms with E-state index in [4.69, 9.17) is 9.98 Å². The lowest BCUT2D eigenvalue weighted by molar-refractivity contribution is -0.125. The van der Waals surface area contributed by atoms with Crippen LogP contribution in [0.1, 0.15) is 63.5 Å².